The van der Waals surface area contributed by atoms with E-state index in [0.29, 0.717) is 24.4 Å². The van der Waals surface area contributed by atoms with E-state index in [2.05, 4.69) is 24.5 Å². The largest absolute Gasteiger partial charge is 0.381 e. The van der Waals surface area contributed by atoms with Crippen molar-refractivity contribution in [3.63, 3.8) is 0 Å². The van der Waals surface area contributed by atoms with Gasteiger partial charge in [-0.15, -0.1) is 0 Å². The van der Waals surface area contributed by atoms with Crippen LogP contribution >= 0.6 is 0 Å². The number of methoxy groups -OCH3 is 1. The quantitative estimate of drug-likeness (QED) is 0.539. The molecule has 8 heteroatoms. The number of sulfone groups is 1. The molecule has 3 rings (SSSR count). The van der Waals surface area contributed by atoms with Gasteiger partial charge in [0.2, 0.25) is 0 Å². The zero-order valence-corrected chi connectivity index (χ0v) is 17.0. The van der Waals surface area contributed by atoms with E-state index in [1.807, 2.05) is 0 Å². The maximum Gasteiger partial charge on any atom is 0.191 e. The molecule has 3 atom stereocenters. The number of nitrogens with one attached hydrogen (secondary N) is 2. The fraction of sp³-hybridized carbons (Fsp3) is 0.944. The van der Waals surface area contributed by atoms with E-state index in [-0.39, 0.29) is 23.2 Å². The summed E-state index contributed by atoms with van der Waals surface area (Å²) < 4.78 is 34.3. The Morgan fingerprint density at radius 1 is 1.23 bits per heavy atom. The van der Waals surface area contributed by atoms with E-state index in [9.17, 15) is 8.42 Å². The second kappa shape index (κ2) is 8.02. The maximum atomic E-state index is 11.7. The monoisotopic (exact) mass is 387 g/mol. The predicted molar refractivity (Wildman–Crippen MR) is 102 cm³/mol. The first-order valence-electron chi connectivity index (χ1n) is 9.68. The van der Waals surface area contributed by atoms with Crippen molar-refractivity contribution in [2.45, 2.75) is 57.7 Å². The highest BCUT2D eigenvalue weighted by Gasteiger charge is 2.49. The van der Waals surface area contributed by atoms with Gasteiger partial charge in [-0.05, 0) is 31.6 Å². The van der Waals surface area contributed by atoms with Crippen LogP contribution in [0.4, 0.5) is 0 Å². The Balaban J connectivity index is 1.62. The fourth-order valence-corrected chi connectivity index (χ4v) is 5.95. The highest BCUT2D eigenvalue weighted by Crippen LogP contribution is 2.42. The molecule has 0 bridgehead atoms. The van der Waals surface area contributed by atoms with Crippen LogP contribution < -0.4 is 10.6 Å². The summed E-state index contributed by atoms with van der Waals surface area (Å²) in [6.07, 6.45) is 3.86. The number of ether oxygens (including phenoxy) is 2. The van der Waals surface area contributed by atoms with Gasteiger partial charge < -0.3 is 20.1 Å². The molecule has 3 fully saturated rings. The lowest BCUT2D eigenvalue weighted by molar-refractivity contribution is -0.0923. The molecule has 7 nitrogen and oxygen atoms in total. The van der Waals surface area contributed by atoms with Crippen LogP contribution in [-0.2, 0) is 19.3 Å². The molecule has 0 aromatic heterocycles. The van der Waals surface area contributed by atoms with Crippen molar-refractivity contribution in [2.75, 3.05) is 38.4 Å². The molecule has 150 valence electrons. The SMILES string of the molecule is COC1CC(NC(=NCC2CCS(=O)(=O)C2)NC2CCOCC2)C1(C)C. The summed E-state index contributed by atoms with van der Waals surface area (Å²) in [5.74, 6) is 1.50. The van der Waals surface area contributed by atoms with Gasteiger partial charge >= 0.3 is 0 Å². The summed E-state index contributed by atoms with van der Waals surface area (Å²) >= 11 is 0. The van der Waals surface area contributed by atoms with Gasteiger partial charge in [0.05, 0.1) is 17.6 Å². The summed E-state index contributed by atoms with van der Waals surface area (Å²) in [5, 5.41) is 7.11. The van der Waals surface area contributed by atoms with E-state index in [1.165, 1.54) is 0 Å². The highest BCUT2D eigenvalue weighted by molar-refractivity contribution is 7.91. The normalized spacial score (nSPS) is 34.3. The lowest BCUT2D eigenvalue weighted by atomic mass is 9.64. The molecule has 3 aliphatic rings. The molecule has 2 aliphatic heterocycles. The molecule has 1 aliphatic carbocycles. The zero-order chi connectivity index (χ0) is 18.8. The lowest BCUT2D eigenvalue weighted by Crippen LogP contribution is -2.64. The van der Waals surface area contributed by atoms with Crippen LogP contribution in [0.2, 0.25) is 0 Å². The minimum absolute atomic E-state index is 0.0452. The third kappa shape index (κ3) is 4.70. The van der Waals surface area contributed by atoms with Crippen molar-refractivity contribution in [3.05, 3.63) is 0 Å². The predicted octanol–water partition coefficient (Wildman–Crippen LogP) is 0.949. The molecule has 2 heterocycles. The zero-order valence-electron chi connectivity index (χ0n) is 16.2. The average Bonchev–Trinajstić information content (AvgIpc) is 2.95. The van der Waals surface area contributed by atoms with Gasteiger partial charge in [0.25, 0.3) is 0 Å². The van der Waals surface area contributed by atoms with E-state index >= 15 is 0 Å². The van der Waals surface area contributed by atoms with Crippen LogP contribution in [0.1, 0.15) is 39.5 Å². The topological polar surface area (TPSA) is 89.0 Å². The summed E-state index contributed by atoms with van der Waals surface area (Å²) in [5.41, 5.74) is 0.0452. The minimum atomic E-state index is -2.86. The Kier molecular flexibility index (Phi) is 6.14. The Bertz CT molecular complexity index is 614. The van der Waals surface area contributed by atoms with Gasteiger partial charge in [-0.3, -0.25) is 4.99 Å². The molecule has 26 heavy (non-hydrogen) atoms. The van der Waals surface area contributed by atoms with E-state index in [0.717, 1.165) is 44.9 Å². The first-order valence-corrected chi connectivity index (χ1v) is 11.5. The van der Waals surface area contributed by atoms with Gasteiger partial charge in [0.1, 0.15) is 0 Å². The van der Waals surface area contributed by atoms with Gasteiger partial charge in [0.15, 0.2) is 15.8 Å². The maximum absolute atomic E-state index is 11.7. The van der Waals surface area contributed by atoms with Gasteiger partial charge in [-0.1, -0.05) is 13.8 Å². The van der Waals surface area contributed by atoms with E-state index in [4.69, 9.17) is 14.5 Å². The van der Waals surface area contributed by atoms with Crippen molar-refractivity contribution < 1.29 is 17.9 Å². The highest BCUT2D eigenvalue weighted by atomic mass is 32.2. The Labute approximate surface area is 157 Å². The van der Waals surface area contributed by atoms with Crippen LogP contribution in [0, 0.1) is 11.3 Å². The molecule has 0 spiro atoms. The summed E-state index contributed by atoms with van der Waals surface area (Å²) in [7, 11) is -1.10. The molecular weight excluding hydrogens is 354 g/mol. The Hall–Kier alpha value is -0.860. The van der Waals surface area contributed by atoms with Crippen molar-refractivity contribution in [2.24, 2.45) is 16.3 Å². The van der Waals surface area contributed by atoms with Crippen LogP contribution in [0.25, 0.3) is 0 Å². The van der Waals surface area contributed by atoms with Crippen molar-refractivity contribution >= 4 is 15.8 Å². The van der Waals surface area contributed by atoms with Crippen LogP contribution in [0.3, 0.4) is 0 Å². The number of hydrogen-bond acceptors (Lipinski definition) is 5. The van der Waals surface area contributed by atoms with Crippen molar-refractivity contribution in [1.82, 2.24) is 10.6 Å². The number of hydrogen-bond donors (Lipinski definition) is 2. The molecule has 0 amide bonds. The second-order valence-electron chi connectivity index (χ2n) is 8.47. The molecule has 0 aromatic carbocycles. The fourth-order valence-electron chi connectivity index (χ4n) is 4.10. The molecule has 0 aromatic rings. The summed E-state index contributed by atoms with van der Waals surface area (Å²) in [4.78, 5) is 4.75. The first-order chi connectivity index (χ1) is 12.3. The Morgan fingerprint density at radius 3 is 2.54 bits per heavy atom. The number of rotatable bonds is 5. The molecule has 0 radical (unpaired) electrons. The summed E-state index contributed by atoms with van der Waals surface area (Å²) in [6.45, 7) is 6.51. The standard InChI is InChI=1S/C18H33N3O4S/c1-18(2)15(10-16(18)24-3)21-17(20-14-4-7-25-8-5-14)19-11-13-6-9-26(22,23)12-13/h13-16H,4-12H2,1-3H3,(H2,19,20,21). The molecule has 1 saturated carbocycles. The lowest BCUT2D eigenvalue weighted by Gasteiger charge is -2.51. The van der Waals surface area contributed by atoms with Gasteiger partial charge in [0, 0.05) is 44.4 Å². The van der Waals surface area contributed by atoms with Crippen molar-refractivity contribution in [3.8, 4) is 0 Å². The molecule has 2 N–H and O–H groups in total. The third-order valence-electron chi connectivity index (χ3n) is 6.17. The first kappa shape index (κ1) is 19.9. The number of nitrogens with zero attached hydrogens (tertiary/aromatic N) is 1. The van der Waals surface area contributed by atoms with Crippen molar-refractivity contribution in [1.29, 1.82) is 0 Å². The smallest absolute Gasteiger partial charge is 0.191 e. The number of aliphatic imine (C=N–C) groups is 1. The van der Waals surface area contributed by atoms with Gasteiger partial charge in [-0.25, -0.2) is 8.42 Å². The van der Waals surface area contributed by atoms with Gasteiger partial charge in [-0.2, -0.15) is 0 Å². The summed E-state index contributed by atoms with van der Waals surface area (Å²) in [6, 6.07) is 0.648. The molecular formula is C18H33N3O4S. The average molecular weight is 388 g/mol. The van der Waals surface area contributed by atoms with Crippen LogP contribution in [-0.4, -0.2) is 70.9 Å². The number of guanidine groups is 1. The molecule has 2 saturated heterocycles. The van der Waals surface area contributed by atoms with E-state index in [1.54, 1.807) is 7.11 Å². The van der Waals surface area contributed by atoms with Crippen LogP contribution in [0.15, 0.2) is 4.99 Å². The van der Waals surface area contributed by atoms with Crippen LogP contribution in [0.5, 0.6) is 0 Å². The minimum Gasteiger partial charge on any atom is -0.381 e. The third-order valence-corrected chi connectivity index (χ3v) is 8.01. The van der Waals surface area contributed by atoms with E-state index < -0.39 is 9.84 Å². The second-order valence-corrected chi connectivity index (χ2v) is 10.7. The Morgan fingerprint density at radius 2 is 1.96 bits per heavy atom. The molecule has 3 unspecified atom stereocenters.